The molecule has 7 heteroatoms. The molecule has 0 fully saturated rings. The van der Waals surface area contributed by atoms with Crippen molar-refractivity contribution in [3.8, 4) is 11.5 Å². The topological polar surface area (TPSA) is 98.9 Å². The zero-order chi connectivity index (χ0) is 13.0. The van der Waals surface area contributed by atoms with Crippen molar-refractivity contribution >= 4 is 11.7 Å². The van der Waals surface area contributed by atoms with Gasteiger partial charge in [-0.3, -0.25) is 10.1 Å². The van der Waals surface area contributed by atoms with Crippen LogP contribution in [0.2, 0.25) is 0 Å². The minimum Gasteiger partial charge on any atom is -0.504 e. The molecule has 17 heavy (non-hydrogen) atoms. The third-order valence-electron chi connectivity index (χ3n) is 1.99. The molecule has 92 valence electrons. The SMILES string of the molecule is CCOC(=O)c1cc(O)c(OC)cc1[N+](=O)[O-]. The smallest absolute Gasteiger partial charge is 0.345 e. The second-order valence-electron chi connectivity index (χ2n) is 3.02. The Labute approximate surface area is 96.7 Å². The van der Waals surface area contributed by atoms with Gasteiger partial charge in [-0.1, -0.05) is 0 Å². The third kappa shape index (κ3) is 2.63. The summed E-state index contributed by atoms with van der Waals surface area (Å²) in [6.07, 6.45) is 0. The van der Waals surface area contributed by atoms with Crippen molar-refractivity contribution in [3.05, 3.63) is 27.8 Å². The summed E-state index contributed by atoms with van der Waals surface area (Å²) in [6, 6.07) is 1.93. The molecule has 1 aromatic rings. The first-order valence-corrected chi connectivity index (χ1v) is 4.73. The number of rotatable bonds is 4. The van der Waals surface area contributed by atoms with E-state index in [1.807, 2.05) is 0 Å². The summed E-state index contributed by atoms with van der Waals surface area (Å²) in [5.41, 5.74) is -0.784. The van der Waals surface area contributed by atoms with Gasteiger partial charge in [0, 0.05) is 6.07 Å². The monoisotopic (exact) mass is 241 g/mol. The van der Waals surface area contributed by atoms with E-state index < -0.39 is 16.6 Å². The summed E-state index contributed by atoms with van der Waals surface area (Å²) in [6.45, 7) is 1.66. The van der Waals surface area contributed by atoms with E-state index >= 15 is 0 Å². The van der Waals surface area contributed by atoms with Crippen molar-refractivity contribution in [2.75, 3.05) is 13.7 Å². The van der Waals surface area contributed by atoms with Crippen molar-refractivity contribution in [3.63, 3.8) is 0 Å². The molecule has 1 rings (SSSR count). The summed E-state index contributed by atoms with van der Waals surface area (Å²) in [5.74, 6) is -1.30. The number of methoxy groups -OCH3 is 1. The molecule has 0 aromatic heterocycles. The molecule has 0 spiro atoms. The number of hydrogen-bond acceptors (Lipinski definition) is 6. The van der Waals surface area contributed by atoms with E-state index in [4.69, 9.17) is 4.74 Å². The molecule has 0 aliphatic carbocycles. The lowest BCUT2D eigenvalue weighted by molar-refractivity contribution is -0.385. The quantitative estimate of drug-likeness (QED) is 0.487. The Kier molecular flexibility index (Phi) is 3.86. The molecule has 1 aromatic carbocycles. The zero-order valence-electron chi connectivity index (χ0n) is 9.30. The van der Waals surface area contributed by atoms with E-state index in [9.17, 15) is 20.0 Å². The Morgan fingerprint density at radius 2 is 2.18 bits per heavy atom. The summed E-state index contributed by atoms with van der Waals surface area (Å²) in [4.78, 5) is 21.5. The van der Waals surface area contributed by atoms with Crippen LogP contribution in [-0.2, 0) is 4.74 Å². The number of nitro benzene ring substituents is 1. The summed E-state index contributed by atoms with van der Waals surface area (Å²) < 4.78 is 9.38. The highest BCUT2D eigenvalue weighted by Crippen LogP contribution is 2.33. The number of hydrogen-bond donors (Lipinski definition) is 1. The van der Waals surface area contributed by atoms with Crippen LogP contribution in [0, 0.1) is 10.1 Å². The molecule has 0 amide bonds. The van der Waals surface area contributed by atoms with Gasteiger partial charge < -0.3 is 14.6 Å². The molecular weight excluding hydrogens is 230 g/mol. The van der Waals surface area contributed by atoms with Crippen LogP contribution in [0.15, 0.2) is 12.1 Å². The molecule has 0 bridgehead atoms. The minimum atomic E-state index is -0.864. The van der Waals surface area contributed by atoms with Crippen molar-refractivity contribution in [2.45, 2.75) is 6.92 Å². The van der Waals surface area contributed by atoms with Gasteiger partial charge in [-0.15, -0.1) is 0 Å². The highest BCUT2D eigenvalue weighted by atomic mass is 16.6. The maximum Gasteiger partial charge on any atom is 0.345 e. The molecule has 0 atom stereocenters. The second-order valence-corrected chi connectivity index (χ2v) is 3.02. The Morgan fingerprint density at radius 3 is 2.65 bits per heavy atom. The Bertz CT molecular complexity index is 456. The van der Waals surface area contributed by atoms with Gasteiger partial charge >= 0.3 is 5.97 Å². The first kappa shape index (κ1) is 12.8. The lowest BCUT2D eigenvalue weighted by Crippen LogP contribution is -2.08. The van der Waals surface area contributed by atoms with Crippen molar-refractivity contribution in [1.29, 1.82) is 0 Å². The number of benzene rings is 1. The number of esters is 1. The van der Waals surface area contributed by atoms with Crippen LogP contribution in [0.4, 0.5) is 5.69 Å². The standard InChI is InChI=1S/C10H11NO6/c1-3-17-10(13)6-4-8(12)9(16-2)5-7(6)11(14)15/h4-5,12H,3H2,1-2H3. The molecule has 0 radical (unpaired) electrons. The number of aromatic hydroxyl groups is 1. The number of phenols is 1. The Balaban J connectivity index is 3.32. The zero-order valence-corrected chi connectivity index (χ0v) is 9.30. The molecule has 0 saturated heterocycles. The van der Waals surface area contributed by atoms with Crippen LogP contribution in [0.3, 0.4) is 0 Å². The minimum absolute atomic E-state index is 0.0789. The lowest BCUT2D eigenvalue weighted by Gasteiger charge is -2.07. The van der Waals surface area contributed by atoms with Crippen molar-refractivity contribution < 1.29 is 24.3 Å². The Morgan fingerprint density at radius 1 is 1.53 bits per heavy atom. The van der Waals surface area contributed by atoms with Crippen LogP contribution < -0.4 is 4.74 Å². The largest absolute Gasteiger partial charge is 0.504 e. The van der Waals surface area contributed by atoms with E-state index in [0.29, 0.717) is 0 Å². The molecule has 0 saturated carbocycles. The van der Waals surface area contributed by atoms with Crippen molar-refractivity contribution in [2.24, 2.45) is 0 Å². The van der Waals surface area contributed by atoms with Gasteiger partial charge in [0.2, 0.25) is 0 Å². The highest BCUT2D eigenvalue weighted by molar-refractivity contribution is 5.95. The van der Waals surface area contributed by atoms with Gasteiger partial charge in [0.05, 0.1) is 24.7 Å². The van der Waals surface area contributed by atoms with Crippen LogP contribution >= 0.6 is 0 Å². The van der Waals surface area contributed by atoms with Gasteiger partial charge in [-0.25, -0.2) is 4.79 Å². The van der Waals surface area contributed by atoms with E-state index in [2.05, 4.69) is 4.74 Å². The molecule has 7 nitrogen and oxygen atoms in total. The van der Waals surface area contributed by atoms with Gasteiger partial charge in [0.1, 0.15) is 5.56 Å². The van der Waals surface area contributed by atoms with E-state index in [1.165, 1.54) is 7.11 Å². The molecule has 0 unspecified atom stereocenters. The van der Waals surface area contributed by atoms with Crippen molar-refractivity contribution in [1.82, 2.24) is 0 Å². The number of carbonyl (C=O) groups is 1. The summed E-state index contributed by atoms with van der Waals surface area (Å²) in [7, 11) is 1.25. The first-order valence-electron chi connectivity index (χ1n) is 4.73. The normalized spacial score (nSPS) is 9.76. The van der Waals surface area contributed by atoms with Crippen LogP contribution in [-0.4, -0.2) is 29.7 Å². The van der Waals surface area contributed by atoms with E-state index in [-0.39, 0.29) is 23.7 Å². The molecule has 0 heterocycles. The number of carbonyl (C=O) groups excluding carboxylic acids is 1. The second kappa shape index (κ2) is 5.15. The van der Waals surface area contributed by atoms with Gasteiger partial charge in [0.15, 0.2) is 11.5 Å². The fourth-order valence-electron chi connectivity index (χ4n) is 1.24. The average molecular weight is 241 g/mol. The van der Waals surface area contributed by atoms with Gasteiger partial charge in [-0.05, 0) is 6.92 Å². The fourth-order valence-corrected chi connectivity index (χ4v) is 1.24. The van der Waals surface area contributed by atoms with Gasteiger partial charge in [0.25, 0.3) is 5.69 Å². The van der Waals surface area contributed by atoms with Crippen LogP contribution in [0.25, 0.3) is 0 Å². The van der Waals surface area contributed by atoms with E-state index in [0.717, 1.165) is 12.1 Å². The fraction of sp³-hybridized carbons (Fsp3) is 0.300. The molecule has 0 aliphatic heterocycles. The third-order valence-corrected chi connectivity index (χ3v) is 1.99. The van der Waals surface area contributed by atoms with Crippen LogP contribution in [0.5, 0.6) is 11.5 Å². The summed E-state index contributed by atoms with van der Waals surface area (Å²) >= 11 is 0. The number of nitrogens with zero attached hydrogens (tertiary/aromatic N) is 1. The number of phenolic OH excluding ortho intramolecular Hbond substituents is 1. The lowest BCUT2D eigenvalue weighted by atomic mass is 10.1. The number of ether oxygens (including phenoxy) is 2. The maximum absolute atomic E-state index is 11.4. The van der Waals surface area contributed by atoms with Gasteiger partial charge in [-0.2, -0.15) is 0 Å². The Hall–Kier alpha value is -2.31. The molecule has 0 aliphatic rings. The highest BCUT2D eigenvalue weighted by Gasteiger charge is 2.24. The molecular formula is C10H11NO6. The number of nitro groups is 1. The van der Waals surface area contributed by atoms with Crippen LogP contribution in [0.1, 0.15) is 17.3 Å². The first-order chi connectivity index (χ1) is 8.01. The average Bonchev–Trinajstić information content (AvgIpc) is 2.28. The predicted octanol–water partition coefficient (Wildman–Crippen LogP) is 1.49. The predicted molar refractivity (Wildman–Crippen MR) is 57.3 cm³/mol. The summed E-state index contributed by atoms with van der Waals surface area (Å²) in [5, 5.41) is 20.2. The maximum atomic E-state index is 11.4. The van der Waals surface area contributed by atoms with E-state index in [1.54, 1.807) is 6.92 Å². The molecule has 1 N–H and O–H groups in total.